The van der Waals surface area contributed by atoms with Crippen LogP contribution < -0.4 is 4.74 Å². The van der Waals surface area contributed by atoms with Crippen LogP contribution in [0.4, 0.5) is 0 Å². The van der Waals surface area contributed by atoms with E-state index in [1.807, 2.05) is 12.1 Å². The number of aromatic nitrogens is 3. The van der Waals surface area contributed by atoms with Gasteiger partial charge in [-0.15, -0.1) is 0 Å². The fraction of sp³-hybridized carbons (Fsp3) is 0.0508. The predicted octanol–water partition coefficient (Wildman–Crippen LogP) is 14.6. The number of fused-ring (bicyclic) bond motifs is 14. The summed E-state index contributed by atoms with van der Waals surface area (Å²) in [5, 5.41) is 3.54. The van der Waals surface area contributed by atoms with Gasteiger partial charge in [0, 0.05) is 56.0 Å². The van der Waals surface area contributed by atoms with Crippen molar-refractivity contribution in [3.05, 3.63) is 233 Å². The molecule has 0 unspecified atom stereocenters. The lowest BCUT2D eigenvalue weighted by Crippen LogP contribution is -2.37. The van der Waals surface area contributed by atoms with Gasteiger partial charge in [0.1, 0.15) is 22.8 Å². The molecule has 5 nitrogen and oxygen atoms in total. The highest BCUT2D eigenvalue weighted by Crippen LogP contribution is 2.60. The smallest absolute Gasteiger partial charge is 0.161 e. The Balaban J connectivity index is 1.00. The van der Waals surface area contributed by atoms with Gasteiger partial charge in [-0.2, -0.15) is 0 Å². The van der Waals surface area contributed by atoms with Gasteiger partial charge in [0.2, 0.25) is 0 Å². The lowest BCUT2D eigenvalue weighted by Gasteiger charge is -2.45. The van der Waals surface area contributed by atoms with Crippen molar-refractivity contribution in [3.63, 3.8) is 0 Å². The fourth-order valence-electron chi connectivity index (χ4n) is 11.1. The number of benzene rings is 8. The number of allylic oxidation sites excluding steroid dienone is 1. The summed E-state index contributed by atoms with van der Waals surface area (Å²) in [6.07, 6.45) is 3.99. The van der Waals surface area contributed by atoms with Crippen LogP contribution in [0.15, 0.2) is 199 Å². The Hall–Kier alpha value is -8.28. The summed E-state index contributed by atoms with van der Waals surface area (Å²) in [5.74, 6) is 3.43. The highest BCUT2D eigenvalue weighted by molar-refractivity contribution is 6.12. The highest BCUT2D eigenvalue weighted by Gasteiger charge is 2.50. The summed E-state index contributed by atoms with van der Waals surface area (Å²) in [6.45, 7) is 0. The quantitative estimate of drug-likeness (QED) is 0.177. The monoisotopic (exact) mass is 819 g/mol. The molecule has 0 amide bonds. The SMILES string of the molecule is C1=C(c2ccc3c(c2)C2(c4ccccc4Oc4ccccc42)c2cccc4c5ccccc5n-3c24)CCc2oc3cccc(-c4nc(-c5ccccc5)cc(-c5ccccc5)n4)c3c21. The molecule has 5 heteroatoms. The van der Waals surface area contributed by atoms with E-state index in [-0.39, 0.29) is 0 Å². The second-order valence-electron chi connectivity index (χ2n) is 17.1. The number of hydrogen-bond acceptors (Lipinski definition) is 4. The van der Waals surface area contributed by atoms with E-state index in [4.69, 9.17) is 19.1 Å². The standard InChI is InChI=1S/C59H37N3O2/c1-3-15-36(16-4-1)48-35-49(37-17-5-2-6-18-37)61-58(60-48)42-21-14-28-55-56(42)43-33-38(30-32-52(43)63-55)39-29-31-51-47(34-39)59(44-22-8-11-26-53(44)64-54-27-12-9-23-45(54)59)46-24-13-20-41-40-19-7-10-25-50(40)62(51)57(41)46/h1-29,31,33-35H,30,32H2. The average molecular weight is 820 g/mol. The Morgan fingerprint density at radius 1 is 0.500 bits per heavy atom. The van der Waals surface area contributed by atoms with Crippen molar-refractivity contribution >= 4 is 44.4 Å². The number of furan rings is 1. The van der Waals surface area contributed by atoms with Gasteiger partial charge < -0.3 is 13.7 Å². The molecule has 300 valence electrons. The van der Waals surface area contributed by atoms with Gasteiger partial charge in [0.15, 0.2) is 5.82 Å². The van der Waals surface area contributed by atoms with Gasteiger partial charge in [-0.1, -0.05) is 152 Å². The van der Waals surface area contributed by atoms with Gasteiger partial charge in [-0.05, 0) is 77.2 Å². The van der Waals surface area contributed by atoms with Crippen LogP contribution >= 0.6 is 0 Å². The molecule has 8 aromatic carbocycles. The molecule has 0 radical (unpaired) electrons. The molecule has 0 saturated heterocycles. The van der Waals surface area contributed by atoms with E-state index in [2.05, 4.69) is 193 Å². The molecule has 11 aromatic rings. The summed E-state index contributed by atoms with van der Waals surface area (Å²) >= 11 is 0. The highest BCUT2D eigenvalue weighted by atomic mass is 16.5. The van der Waals surface area contributed by atoms with Crippen LogP contribution in [0, 0.1) is 0 Å². The number of rotatable bonds is 4. The maximum atomic E-state index is 6.75. The molecule has 3 aromatic heterocycles. The molecule has 64 heavy (non-hydrogen) atoms. The number of nitrogens with zero attached hydrogens (tertiary/aromatic N) is 3. The van der Waals surface area contributed by atoms with Crippen LogP contribution in [-0.2, 0) is 11.8 Å². The lowest BCUT2D eigenvalue weighted by atomic mass is 9.61. The third-order valence-corrected chi connectivity index (χ3v) is 13.8. The zero-order chi connectivity index (χ0) is 41.9. The summed E-state index contributed by atoms with van der Waals surface area (Å²) in [7, 11) is 0. The van der Waals surface area contributed by atoms with Crippen LogP contribution in [0.1, 0.15) is 45.6 Å². The average Bonchev–Trinajstić information content (AvgIpc) is 3.92. The molecule has 0 N–H and O–H groups in total. The second-order valence-corrected chi connectivity index (χ2v) is 17.1. The second kappa shape index (κ2) is 13.4. The minimum atomic E-state index is -0.645. The Morgan fingerprint density at radius 2 is 1.14 bits per heavy atom. The van der Waals surface area contributed by atoms with Crippen LogP contribution in [0.3, 0.4) is 0 Å². The van der Waals surface area contributed by atoms with E-state index in [0.717, 1.165) is 85.8 Å². The summed E-state index contributed by atoms with van der Waals surface area (Å²) in [6, 6.07) is 69.2. The molecule has 14 rings (SSSR count). The number of ether oxygens (including phenoxy) is 1. The largest absolute Gasteiger partial charge is 0.460 e. The van der Waals surface area contributed by atoms with Crippen LogP contribution in [-0.4, -0.2) is 14.5 Å². The van der Waals surface area contributed by atoms with E-state index in [0.29, 0.717) is 5.82 Å². The molecular weight excluding hydrogens is 783 g/mol. The molecule has 0 atom stereocenters. The van der Waals surface area contributed by atoms with E-state index in [1.165, 1.54) is 49.8 Å². The van der Waals surface area contributed by atoms with Gasteiger partial charge >= 0.3 is 0 Å². The first-order valence-electron chi connectivity index (χ1n) is 22.0. The Morgan fingerprint density at radius 3 is 1.89 bits per heavy atom. The predicted molar refractivity (Wildman–Crippen MR) is 257 cm³/mol. The third-order valence-electron chi connectivity index (χ3n) is 13.8. The van der Waals surface area contributed by atoms with E-state index in [9.17, 15) is 0 Å². The molecule has 1 spiro atoms. The molecule has 0 saturated carbocycles. The zero-order valence-corrected chi connectivity index (χ0v) is 34.6. The lowest BCUT2D eigenvalue weighted by molar-refractivity contribution is 0.434. The maximum Gasteiger partial charge on any atom is 0.161 e. The first-order chi connectivity index (χ1) is 31.7. The molecule has 3 aliphatic rings. The molecule has 0 bridgehead atoms. The molecular formula is C59H37N3O2. The summed E-state index contributed by atoms with van der Waals surface area (Å²) in [5.41, 5.74) is 17.0. The molecule has 0 fully saturated rings. The van der Waals surface area contributed by atoms with E-state index < -0.39 is 5.41 Å². The van der Waals surface area contributed by atoms with Crippen LogP contribution in [0.25, 0.3) is 84.0 Å². The summed E-state index contributed by atoms with van der Waals surface area (Å²) in [4.78, 5) is 10.5. The van der Waals surface area contributed by atoms with Crippen molar-refractivity contribution in [3.8, 4) is 51.1 Å². The number of aryl methyl sites for hydroxylation is 1. The minimum Gasteiger partial charge on any atom is -0.460 e. The first kappa shape index (κ1) is 35.3. The van der Waals surface area contributed by atoms with Crippen LogP contribution in [0.5, 0.6) is 11.5 Å². The fourth-order valence-corrected chi connectivity index (χ4v) is 11.1. The van der Waals surface area contributed by atoms with Crippen molar-refractivity contribution in [2.24, 2.45) is 0 Å². The van der Waals surface area contributed by atoms with Crippen molar-refractivity contribution in [2.75, 3.05) is 0 Å². The van der Waals surface area contributed by atoms with E-state index >= 15 is 0 Å². The number of para-hydroxylation sites is 4. The normalized spacial score (nSPS) is 14.2. The number of hydrogen-bond donors (Lipinski definition) is 0. The van der Waals surface area contributed by atoms with Crippen molar-refractivity contribution in [1.82, 2.24) is 14.5 Å². The Bertz CT molecular complexity index is 3660. The maximum absolute atomic E-state index is 6.75. The molecule has 5 heterocycles. The van der Waals surface area contributed by atoms with Gasteiger partial charge in [-0.3, -0.25) is 0 Å². The first-order valence-corrected chi connectivity index (χ1v) is 22.0. The minimum absolute atomic E-state index is 0.645. The summed E-state index contributed by atoms with van der Waals surface area (Å²) < 4.78 is 16.0. The van der Waals surface area contributed by atoms with Gasteiger partial charge in [0.05, 0.1) is 33.5 Å². The zero-order valence-electron chi connectivity index (χ0n) is 34.6. The Labute approximate surface area is 369 Å². The third kappa shape index (κ3) is 4.89. The van der Waals surface area contributed by atoms with E-state index in [1.54, 1.807) is 0 Å². The van der Waals surface area contributed by atoms with Gasteiger partial charge in [-0.25, -0.2) is 9.97 Å². The van der Waals surface area contributed by atoms with Crippen molar-refractivity contribution < 1.29 is 9.15 Å². The van der Waals surface area contributed by atoms with Crippen molar-refractivity contribution in [1.29, 1.82) is 0 Å². The molecule has 2 aliphatic heterocycles. The van der Waals surface area contributed by atoms with Crippen molar-refractivity contribution in [2.45, 2.75) is 18.3 Å². The van der Waals surface area contributed by atoms with Crippen LogP contribution in [0.2, 0.25) is 0 Å². The Kier molecular flexibility index (Phi) is 7.37. The molecule has 1 aliphatic carbocycles. The van der Waals surface area contributed by atoms with Gasteiger partial charge in [0.25, 0.3) is 0 Å². The topological polar surface area (TPSA) is 53.1 Å².